The molecule has 1 aromatic rings. The third-order valence-corrected chi connectivity index (χ3v) is 4.61. The Morgan fingerprint density at radius 2 is 1.71 bits per heavy atom. The molecular weight excluding hydrogens is 348 g/mol. The van der Waals surface area contributed by atoms with Crippen molar-refractivity contribution in [2.45, 2.75) is 20.3 Å². The quantitative estimate of drug-likeness (QED) is 0.342. The maximum absolute atomic E-state index is 12.6. The minimum atomic E-state index is 0.0817. The summed E-state index contributed by atoms with van der Waals surface area (Å²) in [5.41, 5.74) is 3.74. The molecule has 1 aromatic carbocycles. The van der Waals surface area contributed by atoms with Gasteiger partial charge in [0.05, 0.1) is 5.71 Å². The Morgan fingerprint density at radius 1 is 1.11 bits per heavy atom. The van der Waals surface area contributed by atoms with Crippen LogP contribution in [0.25, 0.3) is 0 Å². The number of piperazine rings is 1. The Balaban J connectivity index is 2.08. The number of rotatable bonds is 5. The minimum Gasteiger partial charge on any atom is -0.336 e. The SMILES string of the molecule is C=CC(=C)C#C/C(CC)=N/N=C(/C)c1ccc(C(=O)N2CCN(C)CC2)cc1. The van der Waals surface area contributed by atoms with E-state index in [1.807, 2.05) is 43.0 Å². The first kappa shape index (κ1) is 21.3. The van der Waals surface area contributed by atoms with Crippen molar-refractivity contribution in [3.63, 3.8) is 0 Å². The van der Waals surface area contributed by atoms with Gasteiger partial charge in [0.15, 0.2) is 0 Å². The molecule has 0 bridgehead atoms. The fourth-order valence-electron chi connectivity index (χ4n) is 2.63. The zero-order valence-corrected chi connectivity index (χ0v) is 17.0. The van der Waals surface area contributed by atoms with Gasteiger partial charge in [-0.15, -0.1) is 5.10 Å². The molecule has 0 spiro atoms. The highest BCUT2D eigenvalue weighted by Crippen LogP contribution is 2.11. The van der Waals surface area contributed by atoms with Crippen LogP contribution in [0.5, 0.6) is 0 Å². The largest absolute Gasteiger partial charge is 0.336 e. The minimum absolute atomic E-state index is 0.0817. The molecule has 28 heavy (non-hydrogen) atoms. The van der Waals surface area contributed by atoms with Gasteiger partial charge in [-0.25, -0.2) is 0 Å². The third-order valence-electron chi connectivity index (χ3n) is 4.61. The second kappa shape index (κ2) is 10.4. The fourth-order valence-corrected chi connectivity index (χ4v) is 2.63. The first-order valence-corrected chi connectivity index (χ1v) is 9.47. The molecule has 1 saturated heterocycles. The number of carbonyl (C=O) groups is 1. The number of nitrogens with zero attached hydrogens (tertiary/aromatic N) is 4. The summed E-state index contributed by atoms with van der Waals surface area (Å²) in [5, 5.41) is 8.53. The number of carbonyl (C=O) groups excluding carboxylic acids is 1. The highest BCUT2D eigenvalue weighted by atomic mass is 16.2. The average Bonchev–Trinajstić information content (AvgIpc) is 2.73. The van der Waals surface area contributed by atoms with Crippen LogP contribution in [0, 0.1) is 11.8 Å². The van der Waals surface area contributed by atoms with Gasteiger partial charge in [0.25, 0.3) is 5.91 Å². The molecule has 1 aliphatic heterocycles. The zero-order chi connectivity index (χ0) is 20.5. The van der Waals surface area contributed by atoms with Gasteiger partial charge in [-0.05, 0) is 44.0 Å². The predicted molar refractivity (Wildman–Crippen MR) is 117 cm³/mol. The van der Waals surface area contributed by atoms with E-state index in [1.165, 1.54) is 0 Å². The molecular formula is C23H28N4O. The molecule has 1 heterocycles. The molecule has 1 amide bonds. The van der Waals surface area contributed by atoms with E-state index in [1.54, 1.807) is 6.08 Å². The van der Waals surface area contributed by atoms with Crippen molar-refractivity contribution in [1.29, 1.82) is 0 Å². The van der Waals surface area contributed by atoms with E-state index in [2.05, 4.69) is 47.1 Å². The lowest BCUT2D eigenvalue weighted by Gasteiger charge is -2.32. The maximum atomic E-state index is 12.6. The number of allylic oxidation sites excluding steroid dienone is 2. The smallest absolute Gasteiger partial charge is 0.253 e. The number of benzene rings is 1. The van der Waals surface area contributed by atoms with Crippen LogP contribution in [0.2, 0.25) is 0 Å². The van der Waals surface area contributed by atoms with Gasteiger partial charge in [-0.2, -0.15) is 5.10 Å². The van der Waals surface area contributed by atoms with Crippen LogP contribution >= 0.6 is 0 Å². The van der Waals surface area contributed by atoms with Crippen molar-refractivity contribution >= 4 is 17.3 Å². The van der Waals surface area contributed by atoms with Gasteiger partial charge < -0.3 is 9.80 Å². The van der Waals surface area contributed by atoms with Crippen molar-refractivity contribution in [3.05, 3.63) is 60.2 Å². The summed E-state index contributed by atoms with van der Waals surface area (Å²) in [5.74, 6) is 5.93. The molecule has 1 fully saturated rings. The average molecular weight is 377 g/mol. The van der Waals surface area contributed by atoms with E-state index in [-0.39, 0.29) is 5.91 Å². The van der Waals surface area contributed by atoms with Crippen LogP contribution < -0.4 is 0 Å². The Kier molecular flexibility index (Phi) is 7.91. The van der Waals surface area contributed by atoms with Crippen molar-refractivity contribution in [2.75, 3.05) is 33.2 Å². The molecule has 0 aliphatic carbocycles. The molecule has 5 nitrogen and oxygen atoms in total. The molecule has 0 saturated carbocycles. The number of likely N-dealkylation sites (N-methyl/N-ethyl adjacent to an activating group) is 1. The van der Waals surface area contributed by atoms with Gasteiger partial charge in [-0.1, -0.05) is 44.2 Å². The third kappa shape index (κ3) is 6.04. The maximum Gasteiger partial charge on any atom is 0.253 e. The summed E-state index contributed by atoms with van der Waals surface area (Å²) in [4.78, 5) is 16.8. The molecule has 0 N–H and O–H groups in total. The second-order valence-corrected chi connectivity index (χ2v) is 6.74. The summed E-state index contributed by atoms with van der Waals surface area (Å²) >= 11 is 0. The molecule has 0 aromatic heterocycles. The van der Waals surface area contributed by atoms with E-state index >= 15 is 0 Å². The topological polar surface area (TPSA) is 48.3 Å². The van der Waals surface area contributed by atoms with Gasteiger partial charge >= 0.3 is 0 Å². The lowest BCUT2D eigenvalue weighted by Crippen LogP contribution is -2.47. The summed E-state index contributed by atoms with van der Waals surface area (Å²) in [7, 11) is 2.08. The van der Waals surface area contributed by atoms with E-state index in [0.29, 0.717) is 23.3 Å². The normalized spacial score (nSPS) is 15.6. The molecule has 146 valence electrons. The molecule has 1 aliphatic rings. The van der Waals surface area contributed by atoms with Crippen LogP contribution in [-0.4, -0.2) is 60.4 Å². The highest BCUT2D eigenvalue weighted by Gasteiger charge is 2.20. The number of hydrogen-bond donors (Lipinski definition) is 0. The summed E-state index contributed by atoms with van der Waals surface area (Å²) in [6.45, 7) is 14.6. The van der Waals surface area contributed by atoms with Crippen LogP contribution in [-0.2, 0) is 0 Å². The Hall–Kier alpha value is -2.97. The number of hydrogen-bond acceptors (Lipinski definition) is 4. The molecule has 2 rings (SSSR count). The summed E-state index contributed by atoms with van der Waals surface area (Å²) < 4.78 is 0. The lowest BCUT2D eigenvalue weighted by molar-refractivity contribution is 0.0664. The van der Waals surface area contributed by atoms with Gasteiger partial charge in [0.1, 0.15) is 5.71 Å². The Labute approximate surface area is 168 Å². The lowest BCUT2D eigenvalue weighted by atomic mass is 10.1. The Morgan fingerprint density at radius 3 is 2.29 bits per heavy atom. The van der Waals surface area contributed by atoms with Crippen molar-refractivity contribution < 1.29 is 4.79 Å². The highest BCUT2D eigenvalue weighted by molar-refractivity contribution is 6.03. The van der Waals surface area contributed by atoms with E-state index < -0.39 is 0 Å². The zero-order valence-electron chi connectivity index (χ0n) is 17.0. The van der Waals surface area contributed by atoms with Crippen molar-refractivity contribution in [2.24, 2.45) is 10.2 Å². The molecule has 5 heteroatoms. The van der Waals surface area contributed by atoms with Gasteiger partial charge in [0, 0.05) is 37.3 Å². The van der Waals surface area contributed by atoms with Gasteiger partial charge in [-0.3, -0.25) is 4.79 Å². The van der Waals surface area contributed by atoms with Crippen LogP contribution in [0.15, 0.2) is 59.3 Å². The van der Waals surface area contributed by atoms with Crippen LogP contribution in [0.1, 0.15) is 36.2 Å². The standard InChI is InChI=1S/C23H28N4O/c1-6-18(3)8-13-22(7-2)25-24-19(4)20-9-11-21(12-10-20)23(28)27-16-14-26(5)15-17-27/h6,9-12H,1,3,7,14-17H2,2,4-5H3/b24-19-,25-22+. The van der Waals surface area contributed by atoms with E-state index in [9.17, 15) is 4.79 Å². The first-order valence-electron chi connectivity index (χ1n) is 9.47. The summed E-state index contributed by atoms with van der Waals surface area (Å²) in [6.07, 6.45) is 2.30. The van der Waals surface area contributed by atoms with Crippen molar-refractivity contribution in [3.8, 4) is 11.8 Å². The fraction of sp³-hybridized carbons (Fsp3) is 0.348. The van der Waals surface area contributed by atoms with Gasteiger partial charge in [0.2, 0.25) is 0 Å². The first-order chi connectivity index (χ1) is 13.4. The van der Waals surface area contributed by atoms with Crippen LogP contribution in [0.3, 0.4) is 0 Å². The van der Waals surface area contributed by atoms with E-state index in [0.717, 1.165) is 37.5 Å². The van der Waals surface area contributed by atoms with E-state index in [4.69, 9.17) is 0 Å². The Bertz CT molecular complexity index is 845. The molecule has 0 atom stereocenters. The monoisotopic (exact) mass is 376 g/mol. The molecule has 0 unspecified atom stereocenters. The van der Waals surface area contributed by atoms with Crippen LogP contribution in [0.4, 0.5) is 0 Å². The summed E-state index contributed by atoms with van der Waals surface area (Å²) in [6, 6.07) is 7.53. The number of amides is 1. The predicted octanol–water partition coefficient (Wildman–Crippen LogP) is 3.39. The van der Waals surface area contributed by atoms with Crippen molar-refractivity contribution in [1.82, 2.24) is 9.80 Å². The molecule has 0 radical (unpaired) electrons. The second-order valence-electron chi connectivity index (χ2n) is 6.74.